The second-order valence-corrected chi connectivity index (χ2v) is 2.32. The third-order valence-electron chi connectivity index (χ3n) is 1.70. The molecule has 0 aliphatic carbocycles. The minimum absolute atomic E-state index is 0.803. The molecule has 1 aliphatic rings. The van der Waals surface area contributed by atoms with Crippen LogP contribution in [0.3, 0.4) is 0 Å². The van der Waals surface area contributed by atoms with Crippen molar-refractivity contribution in [2.24, 2.45) is 10.2 Å². The monoisotopic (exact) mass is 145 g/mol. The molecule has 0 radical (unpaired) electrons. The number of nitrogens with one attached hydrogen (secondary N) is 1. The molecule has 0 atom stereocenters. The maximum Gasteiger partial charge on any atom is 0.143 e. The average molecular weight is 145 g/mol. The lowest BCUT2D eigenvalue weighted by Gasteiger charge is -2.04. The highest BCUT2D eigenvalue weighted by Gasteiger charge is 2.15. The molecular formula is C6H3N5. The summed E-state index contributed by atoms with van der Waals surface area (Å²) < 4.78 is 0. The van der Waals surface area contributed by atoms with Crippen LogP contribution in [-0.2, 0) is 0 Å². The molecule has 1 N–H and O–H groups in total. The number of nitrogens with zero attached hydrogens (tertiary/aromatic N) is 4. The molecule has 1 aliphatic heterocycles. The van der Waals surface area contributed by atoms with E-state index in [1.165, 1.54) is 0 Å². The van der Waals surface area contributed by atoms with Gasteiger partial charge in [0.2, 0.25) is 0 Å². The molecule has 0 amide bonds. The Morgan fingerprint density at radius 3 is 2.91 bits per heavy atom. The normalized spacial score (nSPS) is 13.1. The number of hydrogen-bond donors (Lipinski definition) is 1. The van der Waals surface area contributed by atoms with E-state index in [9.17, 15) is 0 Å². The van der Waals surface area contributed by atoms with Gasteiger partial charge < -0.3 is 0 Å². The average Bonchev–Trinajstić information content (AvgIpc) is 2.34. The van der Waals surface area contributed by atoms with Gasteiger partial charge in [0.1, 0.15) is 22.4 Å². The van der Waals surface area contributed by atoms with Crippen molar-refractivity contribution in [3.63, 3.8) is 0 Å². The van der Waals surface area contributed by atoms with Crippen molar-refractivity contribution in [2.75, 3.05) is 0 Å². The van der Waals surface area contributed by atoms with Gasteiger partial charge in [-0.2, -0.15) is 15.4 Å². The lowest BCUT2D eigenvalue weighted by atomic mass is 10.2. The van der Waals surface area contributed by atoms with E-state index in [-0.39, 0.29) is 0 Å². The second kappa shape index (κ2) is 1.45. The minimum Gasteiger partial charge on any atom is -0.197 e. The highest BCUT2D eigenvalue weighted by Crippen LogP contribution is 2.41. The van der Waals surface area contributed by atoms with E-state index in [2.05, 4.69) is 25.6 Å². The molecule has 5 heteroatoms. The quantitative estimate of drug-likeness (QED) is 0.523. The molecule has 2 aromatic rings. The zero-order valence-corrected chi connectivity index (χ0v) is 5.44. The van der Waals surface area contributed by atoms with Crippen molar-refractivity contribution < 1.29 is 0 Å². The predicted octanol–water partition coefficient (Wildman–Crippen LogP) is 1.69. The van der Waals surface area contributed by atoms with E-state index in [0.29, 0.717) is 0 Å². The Labute approximate surface area is 61.1 Å². The van der Waals surface area contributed by atoms with E-state index >= 15 is 0 Å². The molecule has 0 saturated carbocycles. The Morgan fingerprint density at radius 2 is 2.09 bits per heavy atom. The summed E-state index contributed by atoms with van der Waals surface area (Å²) in [7, 11) is 0. The van der Waals surface area contributed by atoms with Crippen molar-refractivity contribution in [2.45, 2.75) is 0 Å². The molecule has 1 aromatic carbocycles. The summed E-state index contributed by atoms with van der Waals surface area (Å²) in [6.07, 6.45) is 0. The van der Waals surface area contributed by atoms with Crippen LogP contribution in [-0.4, -0.2) is 15.4 Å². The molecule has 0 bridgehead atoms. The number of azo groups is 1. The third-order valence-corrected chi connectivity index (χ3v) is 1.70. The zero-order chi connectivity index (χ0) is 7.26. The van der Waals surface area contributed by atoms with Crippen LogP contribution in [0.4, 0.5) is 11.4 Å². The summed E-state index contributed by atoms with van der Waals surface area (Å²) in [6.45, 7) is 0. The molecule has 5 nitrogen and oxygen atoms in total. The van der Waals surface area contributed by atoms with Gasteiger partial charge in [-0.25, -0.2) is 0 Å². The van der Waals surface area contributed by atoms with Crippen LogP contribution in [0.15, 0.2) is 22.4 Å². The minimum atomic E-state index is 0.803. The Kier molecular flexibility index (Phi) is 0.650. The number of rotatable bonds is 0. The fourth-order valence-electron chi connectivity index (χ4n) is 1.13. The molecule has 1 aromatic heterocycles. The number of H-pyrrole nitrogens is 1. The summed E-state index contributed by atoms with van der Waals surface area (Å²) in [5.41, 5.74) is 3.38. The van der Waals surface area contributed by atoms with Crippen LogP contribution >= 0.6 is 0 Å². The number of aromatic amines is 1. The molecule has 0 fully saturated rings. The number of aromatic nitrogens is 3. The Balaban J connectivity index is 2.58. The first-order chi connectivity index (χ1) is 5.45. The van der Waals surface area contributed by atoms with Crippen LogP contribution in [0.1, 0.15) is 0 Å². The highest BCUT2D eigenvalue weighted by atomic mass is 15.3. The smallest absolute Gasteiger partial charge is 0.143 e. The van der Waals surface area contributed by atoms with Gasteiger partial charge in [0, 0.05) is 0 Å². The molecule has 0 unspecified atom stereocenters. The van der Waals surface area contributed by atoms with Crippen molar-refractivity contribution in [1.29, 1.82) is 0 Å². The van der Waals surface area contributed by atoms with Gasteiger partial charge >= 0.3 is 0 Å². The molecule has 52 valence electrons. The van der Waals surface area contributed by atoms with Crippen LogP contribution < -0.4 is 0 Å². The van der Waals surface area contributed by atoms with Gasteiger partial charge in [0.15, 0.2) is 0 Å². The van der Waals surface area contributed by atoms with Crippen LogP contribution in [0.5, 0.6) is 0 Å². The molecule has 3 rings (SSSR count). The van der Waals surface area contributed by atoms with E-state index < -0.39 is 0 Å². The lowest BCUT2D eigenvalue weighted by molar-refractivity contribution is 0.958. The molecule has 0 spiro atoms. The number of benzene rings is 1. The van der Waals surface area contributed by atoms with E-state index in [0.717, 1.165) is 22.4 Å². The second-order valence-electron chi connectivity index (χ2n) is 2.32. The zero-order valence-electron chi connectivity index (χ0n) is 5.44. The predicted molar refractivity (Wildman–Crippen MR) is 38.1 cm³/mol. The van der Waals surface area contributed by atoms with Gasteiger partial charge in [0.25, 0.3) is 0 Å². The Bertz CT molecular complexity index is 455. The Hall–Kier alpha value is -1.78. The van der Waals surface area contributed by atoms with Crippen molar-refractivity contribution in [3.05, 3.63) is 12.1 Å². The summed E-state index contributed by atoms with van der Waals surface area (Å²) in [4.78, 5) is 0. The SMILES string of the molecule is c1cc2n[nH]nc2c2c1N=N2. The maximum atomic E-state index is 3.94. The maximum absolute atomic E-state index is 3.94. The van der Waals surface area contributed by atoms with Crippen molar-refractivity contribution in [1.82, 2.24) is 15.4 Å². The van der Waals surface area contributed by atoms with Gasteiger partial charge in [-0.1, -0.05) is 0 Å². The summed E-state index contributed by atoms with van der Waals surface area (Å²) >= 11 is 0. The first-order valence-electron chi connectivity index (χ1n) is 3.20. The van der Waals surface area contributed by atoms with E-state index in [4.69, 9.17) is 0 Å². The summed E-state index contributed by atoms with van der Waals surface area (Å²) in [6, 6.07) is 3.75. The lowest BCUT2D eigenvalue weighted by Crippen LogP contribution is -1.78. The van der Waals surface area contributed by atoms with E-state index in [1.807, 2.05) is 12.1 Å². The van der Waals surface area contributed by atoms with Crippen LogP contribution in [0.2, 0.25) is 0 Å². The topological polar surface area (TPSA) is 66.3 Å². The van der Waals surface area contributed by atoms with Gasteiger partial charge in [0.05, 0.1) is 0 Å². The van der Waals surface area contributed by atoms with Gasteiger partial charge in [-0.3, -0.25) is 0 Å². The third kappa shape index (κ3) is 0.463. The summed E-state index contributed by atoms with van der Waals surface area (Å²) in [5.74, 6) is 0. The standard InChI is InChI=1S/C6H3N5/c1-2-4-6(10-11-8-4)5-3(1)7-9-5/h1-2H,(H,8,10,11). The fourth-order valence-corrected chi connectivity index (χ4v) is 1.13. The van der Waals surface area contributed by atoms with E-state index in [1.54, 1.807) is 0 Å². The Morgan fingerprint density at radius 1 is 1.09 bits per heavy atom. The highest BCUT2D eigenvalue weighted by molar-refractivity contribution is 5.93. The van der Waals surface area contributed by atoms with Gasteiger partial charge in [-0.05, 0) is 12.1 Å². The number of fused-ring (bicyclic) bond motifs is 3. The first-order valence-corrected chi connectivity index (χ1v) is 3.20. The van der Waals surface area contributed by atoms with Crippen molar-refractivity contribution in [3.8, 4) is 0 Å². The molecule has 11 heavy (non-hydrogen) atoms. The van der Waals surface area contributed by atoms with Crippen molar-refractivity contribution >= 4 is 22.4 Å². The summed E-state index contributed by atoms with van der Waals surface area (Å²) in [5, 5.41) is 18.0. The van der Waals surface area contributed by atoms with Gasteiger partial charge in [-0.15, -0.1) is 10.2 Å². The molecular weight excluding hydrogens is 142 g/mol. The first kappa shape index (κ1) is 4.95. The van der Waals surface area contributed by atoms with Crippen LogP contribution in [0.25, 0.3) is 11.0 Å². The van der Waals surface area contributed by atoms with Crippen LogP contribution in [0, 0.1) is 0 Å². The number of hydrogen-bond acceptors (Lipinski definition) is 4. The molecule has 0 saturated heterocycles. The molecule has 2 heterocycles. The largest absolute Gasteiger partial charge is 0.197 e. The fraction of sp³-hybridized carbons (Fsp3) is 0.